The van der Waals surface area contributed by atoms with Crippen molar-refractivity contribution in [3.63, 3.8) is 0 Å². The van der Waals surface area contributed by atoms with Crippen LogP contribution in [0.15, 0.2) is 30.6 Å². The normalized spacial score (nSPS) is 12.1. The van der Waals surface area contributed by atoms with E-state index in [1.165, 1.54) is 0 Å². The van der Waals surface area contributed by atoms with Gasteiger partial charge in [0.25, 0.3) is 0 Å². The zero-order valence-corrected chi connectivity index (χ0v) is 10.9. The van der Waals surface area contributed by atoms with Crippen LogP contribution in [-0.2, 0) is 0 Å². The van der Waals surface area contributed by atoms with Gasteiger partial charge in [-0.15, -0.1) is 0 Å². The van der Waals surface area contributed by atoms with E-state index < -0.39 is 0 Å². The average Bonchev–Trinajstić information content (AvgIpc) is 2.85. The number of hydrogen-bond donors (Lipinski definition) is 1. The fourth-order valence-corrected chi connectivity index (χ4v) is 2.02. The van der Waals surface area contributed by atoms with E-state index in [1.54, 1.807) is 17.0 Å². The Hall–Kier alpha value is -1.83. The van der Waals surface area contributed by atoms with Crippen molar-refractivity contribution < 1.29 is 0 Å². The molecule has 1 unspecified atom stereocenters. The predicted molar refractivity (Wildman–Crippen MR) is 70.8 cm³/mol. The number of nitriles is 1. The Morgan fingerprint density at radius 3 is 2.89 bits per heavy atom. The largest absolute Gasteiger partial charge is 0.313 e. The molecule has 2 aromatic rings. The third-order valence-electron chi connectivity index (χ3n) is 2.91. The first kappa shape index (κ1) is 12.6. The van der Waals surface area contributed by atoms with Gasteiger partial charge in [-0.2, -0.15) is 5.26 Å². The van der Waals surface area contributed by atoms with Gasteiger partial charge in [0.1, 0.15) is 6.07 Å². The number of hydrogen-bond acceptors (Lipinski definition) is 3. The van der Waals surface area contributed by atoms with Crippen LogP contribution in [0.1, 0.15) is 24.4 Å². The number of benzene rings is 1. The molecule has 0 fully saturated rings. The van der Waals surface area contributed by atoms with Gasteiger partial charge < -0.3 is 5.32 Å². The van der Waals surface area contributed by atoms with E-state index in [0.29, 0.717) is 10.8 Å². The quantitative estimate of drug-likeness (QED) is 0.923. The maximum atomic E-state index is 8.95. The van der Waals surface area contributed by atoms with E-state index in [1.807, 2.05) is 31.3 Å². The van der Waals surface area contributed by atoms with Crippen molar-refractivity contribution in [2.24, 2.45) is 0 Å². The molecule has 1 aromatic carbocycles. The molecular weight excluding hydrogens is 248 g/mol. The van der Waals surface area contributed by atoms with Crippen LogP contribution in [0.4, 0.5) is 0 Å². The molecule has 0 saturated heterocycles. The van der Waals surface area contributed by atoms with E-state index in [0.717, 1.165) is 11.3 Å². The third kappa shape index (κ3) is 2.23. The second-order valence-corrected chi connectivity index (χ2v) is 4.36. The summed E-state index contributed by atoms with van der Waals surface area (Å²) in [6.07, 6.45) is 3.31. The van der Waals surface area contributed by atoms with Crippen molar-refractivity contribution >= 4 is 11.6 Å². The number of nitrogens with zero attached hydrogens (tertiary/aromatic N) is 3. The van der Waals surface area contributed by atoms with Crippen LogP contribution < -0.4 is 5.32 Å². The molecule has 0 aliphatic carbocycles. The van der Waals surface area contributed by atoms with Crippen molar-refractivity contribution in [1.82, 2.24) is 14.9 Å². The molecule has 1 atom stereocenters. The molecule has 0 amide bonds. The number of nitrogens with one attached hydrogen (secondary N) is 1. The summed E-state index contributed by atoms with van der Waals surface area (Å²) in [6.45, 7) is 2.06. The Morgan fingerprint density at radius 2 is 2.28 bits per heavy atom. The van der Waals surface area contributed by atoms with Crippen LogP contribution in [0.3, 0.4) is 0 Å². The Morgan fingerprint density at radius 1 is 1.50 bits per heavy atom. The lowest BCUT2D eigenvalue weighted by Gasteiger charge is -2.13. The zero-order valence-electron chi connectivity index (χ0n) is 10.2. The maximum Gasteiger partial charge on any atom is 0.217 e. The van der Waals surface area contributed by atoms with Crippen molar-refractivity contribution in [2.75, 3.05) is 7.05 Å². The van der Waals surface area contributed by atoms with Gasteiger partial charge in [-0.1, -0.05) is 17.7 Å². The molecular formula is C13H13ClN4. The Labute approximate surface area is 111 Å². The minimum absolute atomic E-state index is 0.231. The number of halogens is 1. The predicted octanol–water partition coefficient (Wildman–Crippen LogP) is 2.68. The highest BCUT2D eigenvalue weighted by atomic mass is 35.5. The highest BCUT2D eigenvalue weighted by Crippen LogP contribution is 2.25. The second kappa shape index (κ2) is 5.21. The van der Waals surface area contributed by atoms with Crippen LogP contribution in [-0.4, -0.2) is 16.6 Å². The second-order valence-electron chi connectivity index (χ2n) is 3.95. The molecule has 0 bridgehead atoms. The highest BCUT2D eigenvalue weighted by Gasteiger charge is 2.10. The van der Waals surface area contributed by atoms with Gasteiger partial charge in [-0.25, -0.2) is 4.98 Å². The maximum absolute atomic E-state index is 8.95. The number of imidazole rings is 1. The molecule has 0 saturated carbocycles. The lowest BCUT2D eigenvalue weighted by atomic mass is 10.1. The van der Waals surface area contributed by atoms with Gasteiger partial charge in [0.15, 0.2) is 0 Å². The monoisotopic (exact) mass is 260 g/mol. The van der Waals surface area contributed by atoms with Gasteiger partial charge in [0.2, 0.25) is 5.82 Å². The average molecular weight is 261 g/mol. The molecule has 0 aliphatic rings. The molecule has 0 spiro atoms. The summed E-state index contributed by atoms with van der Waals surface area (Å²) in [6, 6.07) is 8.05. The van der Waals surface area contributed by atoms with Gasteiger partial charge >= 0.3 is 0 Å². The first-order valence-corrected chi connectivity index (χ1v) is 5.95. The molecule has 0 aliphatic heterocycles. The lowest BCUT2D eigenvalue weighted by molar-refractivity contribution is 0.652. The SMILES string of the molecule is CNC(C)c1ccc(-n2ccnc2C#N)c(Cl)c1. The zero-order chi connectivity index (χ0) is 13.1. The van der Waals surface area contributed by atoms with Crippen molar-refractivity contribution in [2.45, 2.75) is 13.0 Å². The minimum atomic E-state index is 0.231. The molecule has 0 radical (unpaired) electrons. The van der Waals surface area contributed by atoms with Crippen LogP contribution in [0, 0.1) is 11.3 Å². The Bertz CT molecular complexity index is 597. The van der Waals surface area contributed by atoms with Crippen LogP contribution in [0.2, 0.25) is 5.02 Å². The summed E-state index contributed by atoms with van der Waals surface area (Å²) in [5, 5.41) is 12.7. The summed E-state index contributed by atoms with van der Waals surface area (Å²) in [5.41, 5.74) is 1.86. The van der Waals surface area contributed by atoms with Gasteiger partial charge in [-0.05, 0) is 31.7 Å². The van der Waals surface area contributed by atoms with Crippen LogP contribution in [0.25, 0.3) is 5.69 Å². The van der Waals surface area contributed by atoms with Crippen LogP contribution >= 0.6 is 11.6 Å². The van der Waals surface area contributed by atoms with E-state index in [-0.39, 0.29) is 6.04 Å². The number of aromatic nitrogens is 2. The summed E-state index contributed by atoms with van der Waals surface area (Å²) in [7, 11) is 1.90. The van der Waals surface area contributed by atoms with Gasteiger partial charge in [0.05, 0.1) is 10.7 Å². The van der Waals surface area contributed by atoms with Crippen molar-refractivity contribution in [3.05, 3.63) is 47.0 Å². The van der Waals surface area contributed by atoms with E-state index in [2.05, 4.69) is 17.2 Å². The first-order chi connectivity index (χ1) is 8.67. The first-order valence-electron chi connectivity index (χ1n) is 5.58. The lowest BCUT2D eigenvalue weighted by Crippen LogP contribution is -2.12. The molecule has 1 aromatic heterocycles. The summed E-state index contributed by atoms with van der Waals surface area (Å²) in [4.78, 5) is 3.96. The molecule has 4 nitrogen and oxygen atoms in total. The van der Waals surface area contributed by atoms with Crippen molar-refractivity contribution in [3.8, 4) is 11.8 Å². The van der Waals surface area contributed by atoms with Crippen molar-refractivity contribution in [1.29, 1.82) is 5.26 Å². The van der Waals surface area contributed by atoms with E-state index >= 15 is 0 Å². The molecule has 1 N–H and O–H groups in total. The van der Waals surface area contributed by atoms with E-state index in [9.17, 15) is 0 Å². The fraction of sp³-hybridized carbons (Fsp3) is 0.231. The fourth-order valence-electron chi connectivity index (χ4n) is 1.74. The highest BCUT2D eigenvalue weighted by molar-refractivity contribution is 6.32. The van der Waals surface area contributed by atoms with Gasteiger partial charge in [-0.3, -0.25) is 4.57 Å². The van der Waals surface area contributed by atoms with E-state index in [4.69, 9.17) is 16.9 Å². The molecule has 18 heavy (non-hydrogen) atoms. The topological polar surface area (TPSA) is 53.6 Å². The Balaban J connectivity index is 2.46. The molecule has 92 valence electrons. The smallest absolute Gasteiger partial charge is 0.217 e. The molecule has 2 rings (SSSR count). The third-order valence-corrected chi connectivity index (χ3v) is 3.21. The molecule has 1 heterocycles. The van der Waals surface area contributed by atoms with Crippen LogP contribution in [0.5, 0.6) is 0 Å². The van der Waals surface area contributed by atoms with Gasteiger partial charge in [0, 0.05) is 18.4 Å². The summed E-state index contributed by atoms with van der Waals surface area (Å²) >= 11 is 6.27. The molecule has 5 heteroatoms. The minimum Gasteiger partial charge on any atom is -0.313 e. The summed E-state index contributed by atoms with van der Waals surface area (Å²) < 4.78 is 1.68. The number of rotatable bonds is 3. The Kier molecular flexibility index (Phi) is 3.66. The summed E-state index contributed by atoms with van der Waals surface area (Å²) in [5.74, 6) is 0.325. The standard InChI is InChI=1S/C13H13ClN4/c1-9(16-2)10-3-4-12(11(14)7-10)18-6-5-17-13(18)8-15/h3-7,9,16H,1-2H3.